The highest BCUT2D eigenvalue weighted by atomic mass is 16.4. The second-order valence-electron chi connectivity index (χ2n) is 7.14. The maximum Gasteiger partial charge on any atom is 0.358 e. The number of carbonyl (C=O) groups excluding carboxylic acids is 1. The second-order valence-corrected chi connectivity index (χ2v) is 7.14. The Balaban J connectivity index is 1.59. The Morgan fingerprint density at radius 2 is 2.09 bits per heavy atom. The molecule has 1 saturated heterocycles. The van der Waals surface area contributed by atoms with Gasteiger partial charge in [-0.05, 0) is 37.5 Å². The molecule has 0 aromatic carbocycles. The minimum atomic E-state index is -1.07. The van der Waals surface area contributed by atoms with Gasteiger partial charge < -0.3 is 10.0 Å². The second kappa shape index (κ2) is 6.29. The molecule has 2 heterocycles. The molecule has 1 aliphatic heterocycles. The van der Waals surface area contributed by atoms with Crippen LogP contribution >= 0.6 is 0 Å². The van der Waals surface area contributed by atoms with Gasteiger partial charge in [-0.2, -0.15) is 0 Å². The van der Waals surface area contributed by atoms with Crippen molar-refractivity contribution in [1.82, 2.24) is 19.9 Å². The Hall–Kier alpha value is -1.92. The molecule has 1 N–H and O–H groups in total. The van der Waals surface area contributed by atoms with E-state index in [9.17, 15) is 9.59 Å². The van der Waals surface area contributed by atoms with E-state index in [1.807, 2.05) is 4.90 Å². The molecule has 23 heavy (non-hydrogen) atoms. The number of hydrogen-bond donors (Lipinski definition) is 1. The fraction of sp³-hybridized carbons (Fsp3) is 0.750. The van der Waals surface area contributed by atoms with E-state index in [4.69, 9.17) is 5.11 Å². The highest BCUT2D eigenvalue weighted by Crippen LogP contribution is 2.40. The van der Waals surface area contributed by atoms with Crippen LogP contribution in [0, 0.1) is 17.8 Å². The summed E-state index contributed by atoms with van der Waals surface area (Å²) in [7, 11) is 0. The van der Waals surface area contributed by atoms with E-state index in [2.05, 4.69) is 24.2 Å². The lowest BCUT2D eigenvalue weighted by atomic mass is 9.69. The lowest BCUT2D eigenvalue weighted by Gasteiger charge is -2.41. The maximum atomic E-state index is 12.6. The third kappa shape index (κ3) is 3.23. The summed E-state index contributed by atoms with van der Waals surface area (Å²) in [6.45, 7) is 5.82. The summed E-state index contributed by atoms with van der Waals surface area (Å²) in [5, 5.41) is 16.5. The zero-order chi connectivity index (χ0) is 16.6. The van der Waals surface area contributed by atoms with Gasteiger partial charge in [0.2, 0.25) is 5.91 Å². The number of aromatic carboxylic acids is 1. The van der Waals surface area contributed by atoms with Crippen LogP contribution in [0.3, 0.4) is 0 Å². The minimum Gasteiger partial charge on any atom is -0.476 e. The molecule has 2 fully saturated rings. The van der Waals surface area contributed by atoms with Crippen LogP contribution in [-0.2, 0) is 4.79 Å². The number of carboxylic acid groups (broad SMARTS) is 1. The number of likely N-dealkylation sites (tertiary alicyclic amines) is 1. The van der Waals surface area contributed by atoms with Gasteiger partial charge in [-0.3, -0.25) is 4.79 Å². The van der Waals surface area contributed by atoms with Gasteiger partial charge in [0.05, 0.1) is 12.2 Å². The van der Waals surface area contributed by atoms with Gasteiger partial charge in [-0.25, -0.2) is 9.48 Å². The number of piperidine rings is 1. The fourth-order valence-corrected chi connectivity index (χ4v) is 3.59. The van der Waals surface area contributed by atoms with Crippen molar-refractivity contribution in [2.45, 2.75) is 45.6 Å². The van der Waals surface area contributed by atoms with Crippen molar-refractivity contribution in [2.24, 2.45) is 17.8 Å². The summed E-state index contributed by atoms with van der Waals surface area (Å²) >= 11 is 0. The van der Waals surface area contributed by atoms with E-state index in [0.29, 0.717) is 18.4 Å². The Morgan fingerprint density at radius 3 is 2.70 bits per heavy atom. The molecular formula is C16H24N4O3. The monoisotopic (exact) mass is 320 g/mol. The summed E-state index contributed by atoms with van der Waals surface area (Å²) in [6, 6.07) is 0.0225. The highest BCUT2D eigenvalue weighted by Gasteiger charge is 2.39. The first-order valence-corrected chi connectivity index (χ1v) is 8.39. The SMILES string of the molecule is CC(C)C1CC(C(=O)N2CCCC(n3cc(C(=O)O)nn3)C2)C1. The molecule has 3 rings (SSSR count). The summed E-state index contributed by atoms with van der Waals surface area (Å²) < 4.78 is 1.60. The number of nitrogens with zero attached hydrogens (tertiary/aromatic N) is 4. The number of amides is 1. The quantitative estimate of drug-likeness (QED) is 0.914. The van der Waals surface area contributed by atoms with Crippen LogP contribution in [0.25, 0.3) is 0 Å². The van der Waals surface area contributed by atoms with Crippen molar-refractivity contribution in [2.75, 3.05) is 13.1 Å². The minimum absolute atomic E-state index is 0.0225. The predicted octanol–water partition coefficient (Wildman–Crippen LogP) is 1.82. The van der Waals surface area contributed by atoms with Gasteiger partial charge in [-0.15, -0.1) is 5.10 Å². The van der Waals surface area contributed by atoms with E-state index >= 15 is 0 Å². The molecular weight excluding hydrogens is 296 g/mol. The first-order chi connectivity index (χ1) is 11.0. The van der Waals surface area contributed by atoms with Crippen LogP contribution in [-0.4, -0.2) is 50.0 Å². The number of carboxylic acids is 1. The number of hydrogen-bond acceptors (Lipinski definition) is 4. The van der Waals surface area contributed by atoms with Crippen molar-refractivity contribution in [1.29, 1.82) is 0 Å². The smallest absolute Gasteiger partial charge is 0.358 e. The van der Waals surface area contributed by atoms with Crippen molar-refractivity contribution in [3.63, 3.8) is 0 Å². The molecule has 1 aromatic heterocycles. The lowest BCUT2D eigenvalue weighted by molar-refractivity contribution is -0.142. The molecule has 1 aliphatic carbocycles. The van der Waals surface area contributed by atoms with Crippen LogP contribution in [0.5, 0.6) is 0 Å². The summed E-state index contributed by atoms with van der Waals surface area (Å²) in [5.41, 5.74) is -0.0489. The molecule has 0 radical (unpaired) electrons. The Labute approximate surface area is 135 Å². The summed E-state index contributed by atoms with van der Waals surface area (Å²) in [5.74, 6) is 0.682. The Bertz CT molecular complexity index is 592. The molecule has 0 bridgehead atoms. The van der Waals surface area contributed by atoms with Crippen LogP contribution in [0.1, 0.15) is 56.1 Å². The van der Waals surface area contributed by atoms with Crippen molar-refractivity contribution in [3.8, 4) is 0 Å². The zero-order valence-electron chi connectivity index (χ0n) is 13.7. The Kier molecular flexibility index (Phi) is 4.37. The van der Waals surface area contributed by atoms with Gasteiger partial charge >= 0.3 is 5.97 Å². The third-order valence-electron chi connectivity index (χ3n) is 5.28. The maximum absolute atomic E-state index is 12.6. The van der Waals surface area contributed by atoms with Gasteiger partial charge in [0.25, 0.3) is 0 Å². The van der Waals surface area contributed by atoms with Crippen molar-refractivity contribution >= 4 is 11.9 Å². The molecule has 1 aromatic rings. The topological polar surface area (TPSA) is 88.3 Å². The normalized spacial score (nSPS) is 27.8. The van der Waals surface area contributed by atoms with Gasteiger partial charge in [0.15, 0.2) is 5.69 Å². The molecule has 1 amide bonds. The van der Waals surface area contributed by atoms with Crippen LogP contribution in [0.4, 0.5) is 0 Å². The molecule has 7 nitrogen and oxygen atoms in total. The summed E-state index contributed by atoms with van der Waals surface area (Å²) in [4.78, 5) is 25.5. The number of aromatic nitrogens is 3. The van der Waals surface area contributed by atoms with E-state index in [1.165, 1.54) is 6.20 Å². The molecule has 126 valence electrons. The fourth-order valence-electron chi connectivity index (χ4n) is 3.59. The Morgan fingerprint density at radius 1 is 1.35 bits per heavy atom. The third-order valence-corrected chi connectivity index (χ3v) is 5.28. The van der Waals surface area contributed by atoms with E-state index < -0.39 is 5.97 Å². The van der Waals surface area contributed by atoms with Gasteiger partial charge in [0, 0.05) is 19.0 Å². The number of carbonyl (C=O) groups is 2. The van der Waals surface area contributed by atoms with Crippen LogP contribution in [0.15, 0.2) is 6.20 Å². The van der Waals surface area contributed by atoms with E-state index in [1.54, 1.807) is 4.68 Å². The highest BCUT2D eigenvalue weighted by molar-refractivity contribution is 5.84. The first-order valence-electron chi connectivity index (χ1n) is 8.39. The van der Waals surface area contributed by atoms with Crippen LogP contribution in [0.2, 0.25) is 0 Å². The molecule has 2 aliphatic rings. The lowest BCUT2D eigenvalue weighted by Crippen LogP contribution is -2.47. The number of rotatable bonds is 4. The standard InChI is InChI=1S/C16H24N4O3/c1-10(2)11-6-12(7-11)15(21)19-5-3-4-13(8-19)20-9-14(16(22)23)17-18-20/h9-13H,3-8H2,1-2H3,(H,22,23). The van der Waals surface area contributed by atoms with E-state index in [-0.39, 0.29) is 23.6 Å². The largest absolute Gasteiger partial charge is 0.476 e. The molecule has 0 spiro atoms. The summed E-state index contributed by atoms with van der Waals surface area (Å²) in [6.07, 6.45) is 5.28. The van der Waals surface area contributed by atoms with Crippen LogP contribution < -0.4 is 0 Å². The zero-order valence-corrected chi connectivity index (χ0v) is 13.7. The molecule has 1 unspecified atom stereocenters. The first kappa shape index (κ1) is 16.0. The molecule has 7 heteroatoms. The van der Waals surface area contributed by atoms with E-state index in [0.717, 1.165) is 32.2 Å². The average Bonchev–Trinajstić information content (AvgIpc) is 2.95. The van der Waals surface area contributed by atoms with Crippen molar-refractivity contribution < 1.29 is 14.7 Å². The van der Waals surface area contributed by atoms with Gasteiger partial charge in [-0.1, -0.05) is 19.1 Å². The molecule has 1 atom stereocenters. The molecule has 1 saturated carbocycles. The predicted molar refractivity (Wildman–Crippen MR) is 82.9 cm³/mol. The van der Waals surface area contributed by atoms with Gasteiger partial charge in [0.1, 0.15) is 0 Å². The van der Waals surface area contributed by atoms with Crippen molar-refractivity contribution in [3.05, 3.63) is 11.9 Å². The average molecular weight is 320 g/mol.